The van der Waals surface area contributed by atoms with E-state index in [0.29, 0.717) is 11.3 Å². The zero-order valence-corrected chi connectivity index (χ0v) is 18.0. The van der Waals surface area contributed by atoms with Crippen LogP contribution >= 0.6 is 23.1 Å². The molecule has 0 bridgehead atoms. The molecule has 5 nitrogen and oxygen atoms in total. The van der Waals surface area contributed by atoms with Gasteiger partial charge in [-0.1, -0.05) is 31.4 Å². The highest BCUT2D eigenvalue weighted by atomic mass is 32.2. The molecule has 0 radical (unpaired) electrons. The Morgan fingerprint density at radius 3 is 2.71 bits per heavy atom. The minimum atomic E-state index is -0.456. The molecule has 0 atom stereocenters. The number of likely N-dealkylation sites (N-methyl/N-ethyl adjacent to an activating group) is 1. The summed E-state index contributed by atoms with van der Waals surface area (Å²) in [5.74, 6) is 0.101. The molecule has 0 saturated heterocycles. The Hall–Kier alpha value is -1.86. The maximum Gasteiger partial charge on any atom is 0.339 e. The Balaban J connectivity index is 1.55. The van der Waals surface area contributed by atoms with Gasteiger partial charge < -0.3 is 9.64 Å². The third-order valence-electron chi connectivity index (χ3n) is 4.99. The van der Waals surface area contributed by atoms with Crippen molar-refractivity contribution in [2.24, 2.45) is 0 Å². The van der Waals surface area contributed by atoms with Crippen molar-refractivity contribution in [1.82, 2.24) is 9.88 Å². The van der Waals surface area contributed by atoms with Crippen LogP contribution in [0.25, 0.3) is 0 Å². The summed E-state index contributed by atoms with van der Waals surface area (Å²) in [7, 11) is 1.81. The van der Waals surface area contributed by atoms with E-state index in [1.165, 1.54) is 6.42 Å². The Bertz CT molecular complexity index is 815. The molecule has 28 heavy (non-hydrogen) atoms. The average Bonchev–Trinajstić information content (AvgIpc) is 3.15. The van der Waals surface area contributed by atoms with Crippen LogP contribution in [-0.2, 0) is 15.3 Å². The maximum absolute atomic E-state index is 12.6. The third kappa shape index (κ3) is 5.58. The molecule has 0 aliphatic heterocycles. The number of nitrogens with zero attached hydrogens (tertiary/aromatic N) is 2. The normalized spacial score (nSPS) is 14.6. The number of amides is 1. The molecule has 1 fully saturated rings. The molecule has 1 amide bonds. The number of aryl methyl sites for hydroxylation is 1. The lowest BCUT2D eigenvalue weighted by atomic mass is 9.94. The number of esters is 1. The van der Waals surface area contributed by atoms with Crippen LogP contribution in [-0.4, -0.2) is 41.5 Å². The van der Waals surface area contributed by atoms with Crippen LogP contribution in [0.2, 0.25) is 0 Å². The van der Waals surface area contributed by atoms with Crippen molar-refractivity contribution in [1.29, 1.82) is 0 Å². The van der Waals surface area contributed by atoms with Gasteiger partial charge in [-0.15, -0.1) is 23.1 Å². The molecule has 1 heterocycles. The monoisotopic (exact) mass is 418 g/mol. The molecule has 0 N–H and O–H groups in total. The van der Waals surface area contributed by atoms with Gasteiger partial charge in [0.2, 0.25) is 0 Å². The number of ether oxygens (including phenoxy) is 1. The van der Waals surface area contributed by atoms with Crippen LogP contribution in [0.3, 0.4) is 0 Å². The lowest BCUT2D eigenvalue weighted by Crippen LogP contribution is -2.40. The van der Waals surface area contributed by atoms with E-state index in [1.54, 1.807) is 34.1 Å². The van der Waals surface area contributed by atoms with E-state index in [2.05, 4.69) is 4.98 Å². The standard InChI is InChI=1S/C21H26N2O3S2/c1-15-22-16(13-27-15)14-28-19-11-7-6-10-18(19)21(25)26-12-20(24)23(2)17-8-4-3-5-9-17/h6-7,10-11,13,17H,3-5,8-9,12,14H2,1-2H3. The van der Waals surface area contributed by atoms with Crippen molar-refractivity contribution in [2.75, 3.05) is 13.7 Å². The summed E-state index contributed by atoms with van der Waals surface area (Å²) in [6.45, 7) is 1.77. The number of rotatable bonds is 7. The van der Waals surface area contributed by atoms with Gasteiger partial charge in [0.25, 0.3) is 5.91 Å². The van der Waals surface area contributed by atoms with Crippen molar-refractivity contribution in [3.05, 3.63) is 45.9 Å². The van der Waals surface area contributed by atoms with E-state index < -0.39 is 5.97 Å². The van der Waals surface area contributed by atoms with Crippen molar-refractivity contribution < 1.29 is 14.3 Å². The molecule has 1 aliphatic carbocycles. The number of benzene rings is 1. The van der Waals surface area contributed by atoms with Crippen LogP contribution in [0.15, 0.2) is 34.5 Å². The second-order valence-corrected chi connectivity index (χ2v) is 9.09. The van der Waals surface area contributed by atoms with Crippen molar-refractivity contribution in [3.8, 4) is 0 Å². The second kappa shape index (κ2) is 10.1. The Labute approximate surface area is 174 Å². The van der Waals surface area contributed by atoms with E-state index in [0.717, 1.165) is 41.3 Å². The molecule has 1 saturated carbocycles. The molecule has 7 heteroatoms. The Kier molecular flexibility index (Phi) is 7.50. The van der Waals surface area contributed by atoms with Crippen LogP contribution in [0, 0.1) is 6.92 Å². The zero-order chi connectivity index (χ0) is 19.9. The number of thiazole rings is 1. The molecule has 0 unspecified atom stereocenters. The summed E-state index contributed by atoms with van der Waals surface area (Å²) in [5, 5.41) is 3.06. The molecule has 1 aromatic carbocycles. The first-order valence-electron chi connectivity index (χ1n) is 9.60. The molecular weight excluding hydrogens is 392 g/mol. The number of hydrogen-bond acceptors (Lipinski definition) is 6. The number of thioether (sulfide) groups is 1. The summed E-state index contributed by atoms with van der Waals surface area (Å²) < 4.78 is 5.34. The fourth-order valence-electron chi connectivity index (χ4n) is 3.37. The lowest BCUT2D eigenvalue weighted by Gasteiger charge is -2.31. The fourth-order valence-corrected chi connectivity index (χ4v) is 5.02. The zero-order valence-electron chi connectivity index (χ0n) is 16.3. The first-order chi connectivity index (χ1) is 13.5. The molecule has 150 valence electrons. The highest BCUT2D eigenvalue weighted by Crippen LogP contribution is 2.27. The van der Waals surface area contributed by atoms with Gasteiger partial charge in [0.1, 0.15) is 0 Å². The molecule has 2 aromatic rings. The SMILES string of the molecule is Cc1nc(CSc2ccccc2C(=O)OCC(=O)N(C)C2CCCCC2)cs1. The minimum Gasteiger partial charge on any atom is -0.452 e. The summed E-state index contributed by atoms with van der Waals surface area (Å²) in [6, 6.07) is 7.61. The maximum atomic E-state index is 12.6. The van der Waals surface area contributed by atoms with E-state index in [4.69, 9.17) is 4.74 Å². The van der Waals surface area contributed by atoms with E-state index in [1.807, 2.05) is 37.6 Å². The predicted octanol–water partition coefficient (Wildman–Crippen LogP) is 4.69. The second-order valence-electron chi connectivity index (χ2n) is 7.02. The third-order valence-corrected chi connectivity index (χ3v) is 6.92. The number of hydrogen-bond donors (Lipinski definition) is 0. The minimum absolute atomic E-state index is 0.136. The van der Waals surface area contributed by atoms with E-state index in [-0.39, 0.29) is 18.6 Å². The molecule has 3 rings (SSSR count). The van der Waals surface area contributed by atoms with Crippen LogP contribution in [0.4, 0.5) is 0 Å². The van der Waals surface area contributed by atoms with Gasteiger partial charge in [-0.3, -0.25) is 4.79 Å². The summed E-state index contributed by atoms with van der Waals surface area (Å²) >= 11 is 3.17. The summed E-state index contributed by atoms with van der Waals surface area (Å²) in [6.07, 6.45) is 5.62. The number of carbonyl (C=O) groups excluding carboxylic acids is 2. The van der Waals surface area contributed by atoms with Gasteiger partial charge in [0.15, 0.2) is 6.61 Å². The predicted molar refractivity (Wildman–Crippen MR) is 113 cm³/mol. The number of carbonyl (C=O) groups is 2. The first kappa shape index (κ1) is 20.9. The van der Waals surface area contributed by atoms with Gasteiger partial charge in [0, 0.05) is 29.1 Å². The quantitative estimate of drug-likeness (QED) is 0.482. The van der Waals surface area contributed by atoms with Gasteiger partial charge in [-0.05, 0) is 31.9 Å². The van der Waals surface area contributed by atoms with Crippen LogP contribution in [0.1, 0.15) is 53.2 Å². The summed E-state index contributed by atoms with van der Waals surface area (Å²) in [4.78, 5) is 32.0. The molecular formula is C21H26N2O3S2. The van der Waals surface area contributed by atoms with Crippen molar-refractivity contribution in [3.63, 3.8) is 0 Å². The highest BCUT2D eigenvalue weighted by molar-refractivity contribution is 7.98. The van der Waals surface area contributed by atoms with Gasteiger partial charge >= 0.3 is 5.97 Å². The summed E-state index contributed by atoms with van der Waals surface area (Å²) in [5.41, 5.74) is 1.49. The Morgan fingerprint density at radius 2 is 2.00 bits per heavy atom. The van der Waals surface area contributed by atoms with Crippen molar-refractivity contribution in [2.45, 2.75) is 55.7 Å². The molecule has 0 spiro atoms. The van der Waals surface area contributed by atoms with Crippen LogP contribution in [0.5, 0.6) is 0 Å². The average molecular weight is 419 g/mol. The van der Waals surface area contributed by atoms with E-state index >= 15 is 0 Å². The highest BCUT2D eigenvalue weighted by Gasteiger charge is 2.23. The molecule has 1 aliphatic rings. The van der Waals surface area contributed by atoms with Crippen molar-refractivity contribution >= 4 is 35.0 Å². The van der Waals surface area contributed by atoms with Gasteiger partial charge in [0.05, 0.1) is 16.3 Å². The lowest BCUT2D eigenvalue weighted by molar-refractivity contribution is -0.135. The topological polar surface area (TPSA) is 59.5 Å². The smallest absolute Gasteiger partial charge is 0.339 e. The largest absolute Gasteiger partial charge is 0.452 e. The Morgan fingerprint density at radius 1 is 1.25 bits per heavy atom. The van der Waals surface area contributed by atoms with Gasteiger partial charge in [-0.25, -0.2) is 9.78 Å². The van der Waals surface area contributed by atoms with Gasteiger partial charge in [-0.2, -0.15) is 0 Å². The van der Waals surface area contributed by atoms with Crippen LogP contribution < -0.4 is 0 Å². The number of aromatic nitrogens is 1. The first-order valence-corrected chi connectivity index (χ1v) is 11.5. The molecule has 1 aromatic heterocycles. The van der Waals surface area contributed by atoms with E-state index in [9.17, 15) is 9.59 Å². The fraction of sp³-hybridized carbons (Fsp3) is 0.476.